The highest BCUT2D eigenvalue weighted by Crippen LogP contribution is 2.43. The van der Waals surface area contributed by atoms with E-state index in [2.05, 4.69) is 152 Å². The lowest BCUT2D eigenvalue weighted by atomic mass is 9.88. The molecule has 0 atom stereocenters. The van der Waals surface area contributed by atoms with Gasteiger partial charge in [0.25, 0.3) is 0 Å². The minimum absolute atomic E-state index is 0.650. The monoisotopic (exact) mass is 761 g/mol. The first-order valence-corrected chi connectivity index (χ1v) is 20.4. The zero-order valence-corrected chi connectivity index (χ0v) is 32.5. The average Bonchev–Trinajstić information content (AvgIpc) is 3.33. The Kier molecular flexibility index (Phi) is 7.85. The summed E-state index contributed by atoms with van der Waals surface area (Å²) in [6, 6.07) is 76.1. The molecule has 12 aromatic rings. The van der Waals surface area contributed by atoms with Gasteiger partial charge in [-0.05, 0) is 105 Å². The van der Waals surface area contributed by atoms with E-state index in [9.17, 15) is 0 Å². The molecular weight excluding hydrogens is 727 g/mol. The first kappa shape index (κ1) is 34.1. The summed E-state index contributed by atoms with van der Waals surface area (Å²) in [6.07, 6.45) is 0. The van der Waals surface area contributed by atoms with E-state index in [0.29, 0.717) is 17.5 Å². The van der Waals surface area contributed by atoms with Gasteiger partial charge in [-0.1, -0.05) is 194 Å². The number of benzene rings is 10. The molecule has 0 aliphatic rings. The Hall–Kier alpha value is -8.01. The number of hydrogen-bond acceptors (Lipinski definition) is 3. The fraction of sp³-hybridized carbons (Fsp3) is 0. The Bertz CT molecular complexity index is 3580. The van der Waals surface area contributed by atoms with Gasteiger partial charge in [-0.2, -0.15) is 0 Å². The number of rotatable bonds is 5. The first-order valence-electron chi connectivity index (χ1n) is 20.4. The second-order valence-electron chi connectivity index (χ2n) is 15.5. The van der Waals surface area contributed by atoms with Crippen molar-refractivity contribution >= 4 is 64.6 Å². The third kappa shape index (κ3) is 5.55. The molecule has 1 aromatic heterocycles. The van der Waals surface area contributed by atoms with Crippen LogP contribution in [0.2, 0.25) is 0 Å². The first-order chi connectivity index (χ1) is 29.7. The van der Waals surface area contributed by atoms with Crippen molar-refractivity contribution in [2.24, 2.45) is 0 Å². The lowest BCUT2D eigenvalue weighted by molar-refractivity contribution is 1.08. The highest BCUT2D eigenvalue weighted by atomic mass is 15.0. The smallest absolute Gasteiger partial charge is 0.164 e. The van der Waals surface area contributed by atoms with E-state index in [4.69, 9.17) is 15.0 Å². The number of hydrogen-bond donors (Lipinski definition) is 0. The van der Waals surface area contributed by atoms with Gasteiger partial charge in [-0.15, -0.1) is 0 Å². The predicted octanol–water partition coefficient (Wildman–Crippen LogP) is 15.1. The summed E-state index contributed by atoms with van der Waals surface area (Å²) in [7, 11) is 0. The molecule has 0 aliphatic carbocycles. The van der Waals surface area contributed by atoms with Crippen LogP contribution in [0.1, 0.15) is 0 Å². The Balaban J connectivity index is 1.00. The maximum Gasteiger partial charge on any atom is 0.164 e. The molecule has 11 aromatic carbocycles. The molecule has 0 unspecified atom stereocenters. The van der Waals surface area contributed by atoms with Gasteiger partial charge in [0.1, 0.15) is 0 Å². The number of nitrogens with zero attached hydrogens (tertiary/aromatic N) is 3. The molecule has 0 aliphatic heterocycles. The highest BCUT2D eigenvalue weighted by molar-refractivity contribution is 6.33. The Morgan fingerprint density at radius 1 is 0.217 bits per heavy atom. The van der Waals surface area contributed by atoms with Crippen LogP contribution in [-0.4, -0.2) is 15.0 Å². The second kappa shape index (κ2) is 13.8. The second-order valence-corrected chi connectivity index (χ2v) is 15.5. The number of aromatic nitrogens is 3. The van der Waals surface area contributed by atoms with E-state index >= 15 is 0 Å². The third-order valence-corrected chi connectivity index (χ3v) is 12.1. The van der Waals surface area contributed by atoms with Gasteiger partial charge in [-0.3, -0.25) is 0 Å². The van der Waals surface area contributed by atoms with E-state index in [0.717, 1.165) is 38.6 Å². The van der Waals surface area contributed by atoms with Crippen molar-refractivity contribution in [3.63, 3.8) is 0 Å². The Morgan fingerprint density at radius 2 is 0.667 bits per heavy atom. The molecule has 3 heteroatoms. The molecule has 278 valence electrons. The molecule has 0 spiro atoms. The van der Waals surface area contributed by atoms with Crippen LogP contribution in [0, 0.1) is 0 Å². The summed E-state index contributed by atoms with van der Waals surface area (Å²) in [5.41, 5.74) is 7.57. The molecule has 1 heterocycles. The van der Waals surface area contributed by atoms with Crippen LogP contribution in [0.15, 0.2) is 212 Å². The minimum atomic E-state index is 0.650. The largest absolute Gasteiger partial charge is 0.208 e. The van der Waals surface area contributed by atoms with Crippen LogP contribution in [-0.2, 0) is 0 Å². The molecule has 3 nitrogen and oxygen atoms in total. The van der Waals surface area contributed by atoms with Gasteiger partial charge in [-0.25, -0.2) is 15.0 Å². The Morgan fingerprint density at radius 3 is 1.30 bits per heavy atom. The van der Waals surface area contributed by atoms with Crippen molar-refractivity contribution in [3.05, 3.63) is 212 Å². The topological polar surface area (TPSA) is 38.7 Å². The van der Waals surface area contributed by atoms with Gasteiger partial charge in [0.05, 0.1) is 0 Å². The van der Waals surface area contributed by atoms with Crippen molar-refractivity contribution < 1.29 is 0 Å². The van der Waals surface area contributed by atoms with Crippen molar-refractivity contribution in [3.8, 4) is 56.4 Å². The summed E-state index contributed by atoms with van der Waals surface area (Å²) >= 11 is 0. The van der Waals surface area contributed by atoms with Crippen LogP contribution in [0.25, 0.3) is 121 Å². The van der Waals surface area contributed by atoms with Crippen LogP contribution < -0.4 is 0 Å². The van der Waals surface area contributed by atoms with Crippen LogP contribution in [0.4, 0.5) is 0 Å². The van der Waals surface area contributed by atoms with Gasteiger partial charge < -0.3 is 0 Å². The van der Waals surface area contributed by atoms with E-state index in [1.54, 1.807) is 0 Å². The van der Waals surface area contributed by atoms with Crippen molar-refractivity contribution in [1.29, 1.82) is 0 Å². The van der Waals surface area contributed by atoms with Crippen molar-refractivity contribution in [2.45, 2.75) is 0 Å². The summed E-state index contributed by atoms with van der Waals surface area (Å²) in [5, 5.41) is 15.0. The minimum Gasteiger partial charge on any atom is -0.208 e. The highest BCUT2D eigenvalue weighted by Gasteiger charge is 2.17. The summed E-state index contributed by atoms with van der Waals surface area (Å²) in [4.78, 5) is 15.1. The van der Waals surface area contributed by atoms with Gasteiger partial charge in [0.15, 0.2) is 17.5 Å². The molecule has 0 saturated carbocycles. The lowest BCUT2D eigenvalue weighted by Gasteiger charge is -2.15. The summed E-state index contributed by atoms with van der Waals surface area (Å²) < 4.78 is 0. The molecule has 0 amide bonds. The maximum atomic E-state index is 5.07. The standard InChI is InChI=1S/C57H35N3/c1-3-14-39(15-4-1)55-58-56(40-16-5-2-6-17-40)60-57(59-55)51-33-32-43(44-19-7-11-23-48(44)51)37-28-26-36(27-29-37)42-34-41-31-30-38-18-13-25-50-47-22-10-8-20-45(47)46-21-9-12-24-49(46)52(35-42)54(41)53(38)50/h1-35H. The summed E-state index contributed by atoms with van der Waals surface area (Å²) in [5.74, 6) is 1.95. The normalized spacial score (nSPS) is 11.7. The lowest BCUT2D eigenvalue weighted by Crippen LogP contribution is -2.00. The van der Waals surface area contributed by atoms with Crippen molar-refractivity contribution in [2.75, 3.05) is 0 Å². The average molecular weight is 762 g/mol. The fourth-order valence-electron chi connectivity index (χ4n) is 9.27. The van der Waals surface area contributed by atoms with Crippen LogP contribution in [0.5, 0.6) is 0 Å². The van der Waals surface area contributed by atoms with Crippen LogP contribution >= 0.6 is 0 Å². The number of fused-ring (bicyclic) bond motifs is 6. The van der Waals surface area contributed by atoms with Gasteiger partial charge in [0, 0.05) is 16.7 Å². The fourth-order valence-corrected chi connectivity index (χ4v) is 9.27. The molecule has 0 N–H and O–H groups in total. The molecule has 0 bridgehead atoms. The van der Waals surface area contributed by atoms with Crippen molar-refractivity contribution in [1.82, 2.24) is 15.0 Å². The molecular formula is C57H35N3. The third-order valence-electron chi connectivity index (χ3n) is 12.1. The zero-order chi connectivity index (χ0) is 39.6. The molecule has 60 heavy (non-hydrogen) atoms. The van der Waals surface area contributed by atoms with Crippen LogP contribution in [0.3, 0.4) is 0 Å². The Labute approximate surface area is 346 Å². The SMILES string of the molecule is c1ccc(-c2nc(-c3ccccc3)nc(-c3ccc(-c4ccc(-c5cc6ccc7cccc8c9ccccc9c9ccccc9c(c5)c6c78)cc4)c4ccccc34)n2)cc1. The molecule has 0 fully saturated rings. The van der Waals surface area contributed by atoms with Gasteiger partial charge >= 0.3 is 0 Å². The quantitative estimate of drug-likeness (QED) is 0.164. The maximum absolute atomic E-state index is 5.07. The van der Waals surface area contributed by atoms with Gasteiger partial charge in [0.2, 0.25) is 0 Å². The molecule has 0 radical (unpaired) electrons. The predicted molar refractivity (Wildman–Crippen MR) is 252 cm³/mol. The zero-order valence-electron chi connectivity index (χ0n) is 32.5. The van der Waals surface area contributed by atoms with E-state index in [-0.39, 0.29) is 0 Å². The molecule has 0 saturated heterocycles. The van der Waals surface area contributed by atoms with E-state index in [1.807, 2.05) is 60.7 Å². The van der Waals surface area contributed by atoms with E-state index < -0.39 is 0 Å². The summed E-state index contributed by atoms with van der Waals surface area (Å²) in [6.45, 7) is 0. The van der Waals surface area contributed by atoms with E-state index in [1.165, 1.54) is 65.0 Å². The molecule has 12 rings (SSSR count).